The van der Waals surface area contributed by atoms with Crippen LogP contribution in [-0.4, -0.2) is 43.9 Å². The molecule has 1 aliphatic heterocycles. The highest BCUT2D eigenvalue weighted by Crippen LogP contribution is 2.21. The minimum absolute atomic E-state index is 0.0394. The van der Waals surface area contributed by atoms with E-state index in [4.69, 9.17) is 4.42 Å². The second kappa shape index (κ2) is 6.88. The van der Waals surface area contributed by atoms with Crippen molar-refractivity contribution in [3.63, 3.8) is 0 Å². The summed E-state index contributed by atoms with van der Waals surface area (Å²) in [5.41, 5.74) is 1.58. The van der Waals surface area contributed by atoms with Crippen molar-refractivity contribution in [3.05, 3.63) is 54.7 Å². The number of likely N-dealkylation sites (tertiary alicyclic amines) is 1. The van der Waals surface area contributed by atoms with E-state index in [1.54, 1.807) is 18.3 Å². The normalized spacial score (nSPS) is 17.6. The molecule has 0 aliphatic carbocycles. The highest BCUT2D eigenvalue weighted by atomic mass is 16.3. The summed E-state index contributed by atoms with van der Waals surface area (Å²) in [6.07, 6.45) is 7.24. The number of rotatable bonds is 4. The van der Waals surface area contributed by atoms with Crippen molar-refractivity contribution < 1.29 is 9.21 Å². The lowest BCUT2D eigenvalue weighted by molar-refractivity contribution is 0.0627. The molecule has 0 unspecified atom stereocenters. The van der Waals surface area contributed by atoms with Crippen molar-refractivity contribution in [2.75, 3.05) is 13.1 Å². The van der Waals surface area contributed by atoms with Gasteiger partial charge < -0.3 is 9.32 Å². The predicted molar refractivity (Wildman–Crippen MR) is 90.6 cm³/mol. The van der Waals surface area contributed by atoms with Crippen LogP contribution in [0.1, 0.15) is 23.4 Å². The third kappa shape index (κ3) is 3.45. The third-order valence-corrected chi connectivity index (χ3v) is 4.45. The van der Waals surface area contributed by atoms with Crippen LogP contribution in [0.25, 0.3) is 11.4 Å². The lowest BCUT2D eigenvalue weighted by Crippen LogP contribution is -2.41. The van der Waals surface area contributed by atoms with E-state index in [0.717, 1.165) is 37.3 Å². The van der Waals surface area contributed by atoms with Gasteiger partial charge in [-0.25, -0.2) is 0 Å². The van der Waals surface area contributed by atoms with Gasteiger partial charge in [0.25, 0.3) is 5.91 Å². The zero-order valence-electron chi connectivity index (χ0n) is 13.8. The monoisotopic (exact) mass is 337 g/mol. The second-order valence-electron chi connectivity index (χ2n) is 6.28. The van der Waals surface area contributed by atoms with Crippen molar-refractivity contribution in [1.82, 2.24) is 24.9 Å². The first kappa shape index (κ1) is 15.6. The first-order chi connectivity index (χ1) is 12.3. The van der Waals surface area contributed by atoms with Gasteiger partial charge in [-0.3, -0.25) is 14.5 Å². The van der Waals surface area contributed by atoms with Crippen LogP contribution < -0.4 is 0 Å². The number of carbonyl (C=O) groups excluding carboxylic acids is 1. The van der Waals surface area contributed by atoms with Crippen LogP contribution in [0, 0.1) is 5.92 Å². The van der Waals surface area contributed by atoms with Gasteiger partial charge >= 0.3 is 0 Å². The number of nitrogens with zero attached hydrogens (tertiary/aromatic N) is 5. The Bertz CT molecular complexity index is 828. The van der Waals surface area contributed by atoms with Crippen LogP contribution in [-0.2, 0) is 6.54 Å². The second-order valence-corrected chi connectivity index (χ2v) is 6.28. The van der Waals surface area contributed by atoms with Crippen molar-refractivity contribution in [2.24, 2.45) is 5.92 Å². The standard InChI is InChI=1S/C18H19N5O2/c24-18(17-7-4-10-25-17)22-9-3-5-14(11-22)12-23-13-16(20-21-23)15-6-1-2-8-19-15/h1-2,4,6-8,10,13-14H,3,5,9,11-12H2/t14-/m1/s1. The van der Waals surface area contributed by atoms with Gasteiger partial charge in [-0.05, 0) is 43.0 Å². The summed E-state index contributed by atoms with van der Waals surface area (Å²) in [5.74, 6) is 0.715. The largest absolute Gasteiger partial charge is 0.459 e. The van der Waals surface area contributed by atoms with Crippen LogP contribution in [0.4, 0.5) is 0 Å². The highest BCUT2D eigenvalue weighted by molar-refractivity contribution is 5.91. The Morgan fingerprint density at radius 1 is 1.24 bits per heavy atom. The summed E-state index contributed by atoms with van der Waals surface area (Å²) in [6, 6.07) is 9.17. The average molecular weight is 337 g/mol. The zero-order chi connectivity index (χ0) is 17.1. The molecular formula is C18H19N5O2. The van der Waals surface area contributed by atoms with Crippen LogP contribution in [0.3, 0.4) is 0 Å². The van der Waals surface area contributed by atoms with Gasteiger partial charge in [-0.2, -0.15) is 0 Å². The van der Waals surface area contributed by atoms with Gasteiger partial charge in [0, 0.05) is 25.8 Å². The molecule has 3 aromatic rings. The van der Waals surface area contributed by atoms with E-state index in [0.29, 0.717) is 18.2 Å². The molecule has 0 aromatic carbocycles. The van der Waals surface area contributed by atoms with Crippen molar-refractivity contribution in [2.45, 2.75) is 19.4 Å². The molecule has 1 amide bonds. The lowest BCUT2D eigenvalue weighted by Gasteiger charge is -2.32. The fraction of sp³-hybridized carbons (Fsp3) is 0.333. The maximum atomic E-state index is 12.4. The first-order valence-corrected chi connectivity index (χ1v) is 8.44. The smallest absolute Gasteiger partial charge is 0.289 e. The van der Waals surface area contributed by atoms with E-state index in [1.807, 2.05) is 34.0 Å². The third-order valence-electron chi connectivity index (χ3n) is 4.45. The molecule has 0 spiro atoms. The Hall–Kier alpha value is -2.96. The molecule has 1 atom stereocenters. The molecule has 7 nitrogen and oxygen atoms in total. The number of hydrogen-bond acceptors (Lipinski definition) is 5. The minimum atomic E-state index is -0.0394. The van der Waals surface area contributed by atoms with E-state index < -0.39 is 0 Å². The molecule has 0 N–H and O–H groups in total. The van der Waals surface area contributed by atoms with Gasteiger partial charge in [-0.15, -0.1) is 5.10 Å². The molecule has 1 aliphatic rings. The number of hydrogen-bond donors (Lipinski definition) is 0. The van der Waals surface area contributed by atoms with Gasteiger partial charge in [0.2, 0.25) is 0 Å². The predicted octanol–water partition coefficient (Wildman–Crippen LogP) is 2.49. The number of carbonyl (C=O) groups is 1. The minimum Gasteiger partial charge on any atom is -0.459 e. The highest BCUT2D eigenvalue weighted by Gasteiger charge is 2.26. The van der Waals surface area contributed by atoms with Crippen molar-refractivity contribution in [1.29, 1.82) is 0 Å². The fourth-order valence-corrected chi connectivity index (χ4v) is 3.24. The van der Waals surface area contributed by atoms with Crippen LogP contribution in [0.15, 0.2) is 53.4 Å². The molecule has 1 saturated heterocycles. The summed E-state index contributed by atoms with van der Waals surface area (Å²) < 4.78 is 7.07. The van der Waals surface area contributed by atoms with E-state index in [9.17, 15) is 4.79 Å². The molecule has 4 rings (SSSR count). The van der Waals surface area contributed by atoms with Crippen molar-refractivity contribution >= 4 is 5.91 Å². The van der Waals surface area contributed by atoms with E-state index >= 15 is 0 Å². The summed E-state index contributed by atoms with van der Waals surface area (Å²) in [7, 11) is 0. The number of amides is 1. The van der Waals surface area contributed by atoms with Crippen LogP contribution >= 0.6 is 0 Å². The van der Waals surface area contributed by atoms with E-state index in [-0.39, 0.29) is 5.91 Å². The molecule has 7 heteroatoms. The Kier molecular flexibility index (Phi) is 4.28. The molecule has 1 fully saturated rings. The SMILES string of the molecule is O=C(c1ccco1)N1CCC[C@@H](Cn2cc(-c3ccccn3)nn2)C1. The van der Waals surface area contributed by atoms with Gasteiger partial charge in [-0.1, -0.05) is 11.3 Å². The Labute approximate surface area is 145 Å². The van der Waals surface area contributed by atoms with Crippen LogP contribution in [0.2, 0.25) is 0 Å². The molecular weight excluding hydrogens is 318 g/mol. The number of pyridine rings is 1. The van der Waals surface area contributed by atoms with Gasteiger partial charge in [0.05, 0.1) is 18.2 Å². The van der Waals surface area contributed by atoms with Gasteiger partial charge in [0.1, 0.15) is 5.69 Å². The summed E-state index contributed by atoms with van der Waals surface area (Å²) >= 11 is 0. The van der Waals surface area contributed by atoms with Crippen LogP contribution in [0.5, 0.6) is 0 Å². The molecule has 0 radical (unpaired) electrons. The van der Waals surface area contributed by atoms with E-state index in [1.165, 1.54) is 6.26 Å². The fourth-order valence-electron chi connectivity index (χ4n) is 3.24. The molecule has 25 heavy (non-hydrogen) atoms. The Morgan fingerprint density at radius 2 is 2.20 bits per heavy atom. The topological polar surface area (TPSA) is 77.0 Å². The Balaban J connectivity index is 1.41. The number of aromatic nitrogens is 4. The Morgan fingerprint density at radius 3 is 3.00 bits per heavy atom. The molecule has 128 valence electrons. The van der Waals surface area contributed by atoms with Crippen molar-refractivity contribution in [3.8, 4) is 11.4 Å². The summed E-state index contributed by atoms with van der Waals surface area (Å²) in [6.45, 7) is 2.21. The quantitative estimate of drug-likeness (QED) is 0.731. The molecule has 0 saturated carbocycles. The lowest BCUT2D eigenvalue weighted by atomic mass is 9.98. The molecule has 0 bridgehead atoms. The summed E-state index contributed by atoms with van der Waals surface area (Å²) in [5, 5.41) is 8.41. The first-order valence-electron chi connectivity index (χ1n) is 8.44. The summed E-state index contributed by atoms with van der Waals surface area (Å²) in [4.78, 5) is 18.6. The molecule has 4 heterocycles. The number of piperidine rings is 1. The van der Waals surface area contributed by atoms with Gasteiger partial charge in [0.15, 0.2) is 5.76 Å². The number of furan rings is 1. The maximum absolute atomic E-state index is 12.4. The average Bonchev–Trinajstić information content (AvgIpc) is 3.34. The zero-order valence-corrected chi connectivity index (χ0v) is 13.8. The molecule has 3 aromatic heterocycles. The maximum Gasteiger partial charge on any atom is 0.289 e. The van der Waals surface area contributed by atoms with E-state index in [2.05, 4.69) is 15.3 Å².